The van der Waals surface area contributed by atoms with Gasteiger partial charge in [-0.25, -0.2) is 0 Å². The molecule has 0 spiro atoms. The Morgan fingerprint density at radius 3 is 2.58 bits per heavy atom. The van der Waals surface area contributed by atoms with Gasteiger partial charge in [-0.3, -0.25) is 4.79 Å². The minimum absolute atomic E-state index is 0.0274. The number of benzene rings is 1. The molecule has 0 aliphatic heterocycles. The van der Waals surface area contributed by atoms with Gasteiger partial charge in [0.15, 0.2) is 0 Å². The molecule has 1 aromatic rings. The van der Waals surface area contributed by atoms with Crippen molar-refractivity contribution < 1.29 is 23.1 Å². The van der Waals surface area contributed by atoms with E-state index < -0.39 is 30.3 Å². The Kier molecular flexibility index (Phi) is 5.31. The van der Waals surface area contributed by atoms with Crippen LogP contribution < -0.4 is 11.1 Å². The molecule has 1 amide bonds. The zero-order chi connectivity index (χ0) is 14.5. The summed E-state index contributed by atoms with van der Waals surface area (Å²) < 4.78 is 38.0. The van der Waals surface area contributed by atoms with E-state index in [1.54, 1.807) is 0 Å². The SMILES string of the molecule is NC(CO)C(=O)NCCc1ccccc1C(F)(F)F. The van der Waals surface area contributed by atoms with Crippen molar-refractivity contribution in [3.63, 3.8) is 0 Å². The number of rotatable bonds is 5. The monoisotopic (exact) mass is 276 g/mol. The topological polar surface area (TPSA) is 75.3 Å². The highest BCUT2D eigenvalue weighted by molar-refractivity contribution is 5.81. The molecule has 0 aliphatic rings. The van der Waals surface area contributed by atoms with Gasteiger partial charge in [0, 0.05) is 6.54 Å². The number of halogens is 3. The lowest BCUT2D eigenvalue weighted by molar-refractivity contribution is -0.138. The fraction of sp³-hybridized carbons (Fsp3) is 0.417. The van der Waals surface area contributed by atoms with E-state index in [0.29, 0.717) is 0 Å². The molecule has 106 valence electrons. The quantitative estimate of drug-likeness (QED) is 0.740. The summed E-state index contributed by atoms with van der Waals surface area (Å²) in [6, 6.07) is 4.12. The number of carbonyl (C=O) groups is 1. The van der Waals surface area contributed by atoms with Crippen molar-refractivity contribution in [1.29, 1.82) is 0 Å². The highest BCUT2D eigenvalue weighted by atomic mass is 19.4. The summed E-state index contributed by atoms with van der Waals surface area (Å²) in [5.74, 6) is -0.591. The van der Waals surface area contributed by atoms with Crippen LogP contribution in [0.5, 0.6) is 0 Å². The molecule has 1 unspecified atom stereocenters. The van der Waals surface area contributed by atoms with E-state index >= 15 is 0 Å². The van der Waals surface area contributed by atoms with E-state index in [0.717, 1.165) is 6.07 Å². The standard InChI is InChI=1S/C12H15F3N2O2/c13-12(14,15)9-4-2-1-3-8(9)5-6-17-11(19)10(16)7-18/h1-4,10,18H,5-7,16H2,(H,17,19). The van der Waals surface area contributed by atoms with Crippen molar-refractivity contribution in [3.05, 3.63) is 35.4 Å². The molecule has 1 rings (SSSR count). The van der Waals surface area contributed by atoms with Gasteiger partial charge >= 0.3 is 6.18 Å². The van der Waals surface area contributed by atoms with Gasteiger partial charge < -0.3 is 16.2 Å². The summed E-state index contributed by atoms with van der Waals surface area (Å²) in [5.41, 5.74) is 4.65. The molecule has 0 aliphatic carbocycles. The molecule has 0 radical (unpaired) electrons. The summed E-state index contributed by atoms with van der Waals surface area (Å²) in [6.45, 7) is -0.482. The number of alkyl halides is 3. The van der Waals surface area contributed by atoms with Crippen LogP contribution >= 0.6 is 0 Å². The molecule has 0 saturated heterocycles. The number of nitrogens with one attached hydrogen (secondary N) is 1. The number of aliphatic hydroxyl groups excluding tert-OH is 1. The van der Waals surface area contributed by atoms with Crippen LogP contribution in [0, 0.1) is 0 Å². The summed E-state index contributed by atoms with van der Waals surface area (Å²) >= 11 is 0. The van der Waals surface area contributed by atoms with Crippen molar-refractivity contribution in [2.75, 3.05) is 13.2 Å². The fourth-order valence-electron chi connectivity index (χ4n) is 1.55. The first kappa shape index (κ1) is 15.5. The molecule has 0 aromatic heterocycles. The van der Waals surface area contributed by atoms with E-state index in [2.05, 4.69) is 5.32 Å². The second-order valence-electron chi connectivity index (χ2n) is 3.99. The van der Waals surface area contributed by atoms with Crippen LogP contribution in [0.2, 0.25) is 0 Å². The van der Waals surface area contributed by atoms with Crippen molar-refractivity contribution in [3.8, 4) is 0 Å². The first-order valence-electron chi connectivity index (χ1n) is 5.65. The summed E-state index contributed by atoms with van der Waals surface area (Å²) in [6.07, 6.45) is -4.37. The van der Waals surface area contributed by atoms with Crippen molar-refractivity contribution in [2.45, 2.75) is 18.6 Å². The zero-order valence-corrected chi connectivity index (χ0v) is 10.1. The Morgan fingerprint density at radius 2 is 2.00 bits per heavy atom. The van der Waals surface area contributed by atoms with Gasteiger partial charge in [-0.05, 0) is 18.1 Å². The molecular formula is C12H15F3N2O2. The molecule has 4 nitrogen and oxygen atoms in total. The van der Waals surface area contributed by atoms with E-state index in [-0.39, 0.29) is 18.5 Å². The average molecular weight is 276 g/mol. The maximum Gasteiger partial charge on any atom is 0.416 e. The third kappa shape index (κ3) is 4.53. The fourth-order valence-corrected chi connectivity index (χ4v) is 1.55. The second-order valence-corrected chi connectivity index (χ2v) is 3.99. The van der Waals surface area contributed by atoms with Crippen LogP contribution in [0.3, 0.4) is 0 Å². The number of nitrogens with two attached hydrogens (primary N) is 1. The van der Waals surface area contributed by atoms with E-state index in [4.69, 9.17) is 10.8 Å². The van der Waals surface area contributed by atoms with Crippen LogP contribution in [0.15, 0.2) is 24.3 Å². The first-order chi connectivity index (χ1) is 8.86. The Labute approximate surface area is 108 Å². The van der Waals surface area contributed by atoms with Gasteiger partial charge in [0.25, 0.3) is 0 Å². The molecule has 0 saturated carbocycles. The predicted octanol–water partition coefficient (Wildman–Crippen LogP) is 0.684. The lowest BCUT2D eigenvalue weighted by atomic mass is 10.0. The summed E-state index contributed by atoms with van der Waals surface area (Å²) in [7, 11) is 0. The van der Waals surface area contributed by atoms with Crippen molar-refractivity contribution in [2.24, 2.45) is 5.73 Å². The summed E-state index contributed by atoms with van der Waals surface area (Å²) in [5, 5.41) is 11.0. The van der Waals surface area contributed by atoms with Crippen LogP contribution in [-0.4, -0.2) is 30.2 Å². The van der Waals surface area contributed by atoms with Gasteiger partial charge in [0.05, 0.1) is 12.2 Å². The molecule has 7 heteroatoms. The highest BCUT2D eigenvalue weighted by Crippen LogP contribution is 2.31. The minimum Gasteiger partial charge on any atom is -0.394 e. The number of hydrogen-bond donors (Lipinski definition) is 3. The number of amides is 1. The van der Waals surface area contributed by atoms with Gasteiger partial charge in [-0.1, -0.05) is 18.2 Å². The highest BCUT2D eigenvalue weighted by Gasteiger charge is 2.32. The van der Waals surface area contributed by atoms with Crippen LogP contribution in [-0.2, 0) is 17.4 Å². The van der Waals surface area contributed by atoms with E-state index in [1.165, 1.54) is 18.2 Å². The molecule has 0 bridgehead atoms. The molecule has 0 fully saturated rings. The smallest absolute Gasteiger partial charge is 0.394 e. The Bertz CT molecular complexity index is 435. The van der Waals surface area contributed by atoms with Crippen molar-refractivity contribution >= 4 is 5.91 Å². The molecular weight excluding hydrogens is 261 g/mol. The molecule has 1 atom stereocenters. The van der Waals surface area contributed by atoms with E-state index in [1.807, 2.05) is 0 Å². The molecule has 1 aromatic carbocycles. The normalized spacial score (nSPS) is 13.1. The number of hydrogen-bond acceptors (Lipinski definition) is 3. The lowest BCUT2D eigenvalue weighted by Gasteiger charge is -2.13. The first-order valence-corrected chi connectivity index (χ1v) is 5.65. The van der Waals surface area contributed by atoms with Gasteiger partial charge in [0.2, 0.25) is 5.91 Å². The van der Waals surface area contributed by atoms with E-state index in [9.17, 15) is 18.0 Å². The van der Waals surface area contributed by atoms with Crippen molar-refractivity contribution in [1.82, 2.24) is 5.32 Å². The zero-order valence-electron chi connectivity index (χ0n) is 10.1. The van der Waals surface area contributed by atoms with Gasteiger partial charge in [-0.15, -0.1) is 0 Å². The Morgan fingerprint density at radius 1 is 1.37 bits per heavy atom. The average Bonchev–Trinajstić information content (AvgIpc) is 2.37. The molecule has 4 N–H and O–H groups in total. The van der Waals surface area contributed by atoms with Crippen LogP contribution in [0.25, 0.3) is 0 Å². The minimum atomic E-state index is -4.41. The lowest BCUT2D eigenvalue weighted by Crippen LogP contribution is -2.43. The number of carbonyl (C=O) groups excluding carboxylic acids is 1. The Hall–Kier alpha value is -1.60. The molecule has 19 heavy (non-hydrogen) atoms. The number of aliphatic hydroxyl groups is 1. The van der Waals surface area contributed by atoms with Gasteiger partial charge in [0.1, 0.15) is 6.04 Å². The Balaban J connectivity index is 2.62. The third-order valence-corrected chi connectivity index (χ3v) is 2.55. The maximum atomic E-state index is 12.7. The second kappa shape index (κ2) is 6.53. The third-order valence-electron chi connectivity index (χ3n) is 2.55. The van der Waals surface area contributed by atoms with Crippen LogP contribution in [0.1, 0.15) is 11.1 Å². The largest absolute Gasteiger partial charge is 0.416 e. The predicted molar refractivity (Wildman–Crippen MR) is 63.2 cm³/mol. The van der Waals surface area contributed by atoms with Crippen LogP contribution in [0.4, 0.5) is 13.2 Å². The summed E-state index contributed by atoms with van der Waals surface area (Å²) in [4.78, 5) is 11.2. The molecule has 0 heterocycles. The van der Waals surface area contributed by atoms with Gasteiger partial charge in [-0.2, -0.15) is 13.2 Å². The maximum absolute atomic E-state index is 12.7.